The van der Waals surface area contributed by atoms with Gasteiger partial charge in [-0.05, 0) is 49.4 Å². The maximum Gasteiger partial charge on any atom is 0.270 e. The number of hydrogen-bond donors (Lipinski definition) is 3. The summed E-state index contributed by atoms with van der Waals surface area (Å²) < 4.78 is 40.8. The lowest BCUT2D eigenvalue weighted by Gasteiger charge is -2.33. The van der Waals surface area contributed by atoms with Crippen molar-refractivity contribution in [3.8, 4) is 0 Å². The van der Waals surface area contributed by atoms with Gasteiger partial charge in [0.15, 0.2) is 9.84 Å². The van der Waals surface area contributed by atoms with Crippen molar-refractivity contribution in [2.75, 3.05) is 29.9 Å². The number of anilines is 1. The van der Waals surface area contributed by atoms with Gasteiger partial charge in [0.1, 0.15) is 23.6 Å². The molecule has 4 amide bonds. The number of amides is 4. The lowest BCUT2D eigenvalue weighted by molar-refractivity contribution is -0.136. The number of carbonyl (C=O) groups is 4. The number of rotatable bonds is 11. The number of aryl methyl sites for hydroxylation is 1. The zero-order chi connectivity index (χ0) is 32.7. The van der Waals surface area contributed by atoms with Crippen LogP contribution in [0.15, 0.2) is 30.5 Å². The molecule has 1 aliphatic heterocycles. The molecule has 2 heterocycles. The topological polar surface area (TPSA) is 160 Å². The van der Waals surface area contributed by atoms with Gasteiger partial charge in [-0.1, -0.05) is 39.2 Å². The number of nitrogens with one attached hydrogen (secondary N) is 3. The van der Waals surface area contributed by atoms with Crippen LogP contribution >= 0.6 is 0 Å². The molecule has 246 valence electrons. The Morgan fingerprint density at radius 2 is 1.71 bits per heavy atom. The van der Waals surface area contributed by atoms with Gasteiger partial charge in [-0.3, -0.25) is 23.9 Å². The molecule has 3 atom stereocenters. The minimum atomic E-state index is -3.22. The third-order valence-electron chi connectivity index (χ3n) is 8.78. The number of nitrogens with zero attached hydrogens (tertiary/aromatic N) is 3. The molecule has 2 aliphatic rings. The van der Waals surface area contributed by atoms with Gasteiger partial charge >= 0.3 is 0 Å². The van der Waals surface area contributed by atoms with Gasteiger partial charge in [0, 0.05) is 38.2 Å². The third kappa shape index (κ3) is 8.47. The van der Waals surface area contributed by atoms with Crippen molar-refractivity contribution >= 4 is 39.2 Å². The summed E-state index contributed by atoms with van der Waals surface area (Å²) in [4.78, 5) is 53.9. The first-order valence-electron chi connectivity index (χ1n) is 15.7. The Balaban J connectivity index is 1.51. The quantitative estimate of drug-likeness (QED) is 0.338. The SMILES string of the molecule is CCC(=O)N[C@H](C(=O)N1CCS(=O)(=O)CC1)[C@@H](C)c1ccc(NC(=O)[C@@H](NC(=O)c2ccnn2CC)C2CCCCC2)c(F)c1. The number of benzene rings is 1. The summed E-state index contributed by atoms with van der Waals surface area (Å²) in [7, 11) is -3.22. The van der Waals surface area contributed by atoms with Crippen LogP contribution < -0.4 is 16.0 Å². The fourth-order valence-corrected chi connectivity index (χ4v) is 7.18. The summed E-state index contributed by atoms with van der Waals surface area (Å²) in [6, 6.07) is 3.87. The first-order chi connectivity index (χ1) is 21.4. The molecule has 1 aromatic heterocycles. The van der Waals surface area contributed by atoms with Gasteiger partial charge in [0.25, 0.3) is 5.91 Å². The molecule has 2 fully saturated rings. The number of halogens is 1. The number of aromatic nitrogens is 2. The molecule has 1 aliphatic carbocycles. The number of hydrogen-bond acceptors (Lipinski definition) is 7. The molecule has 14 heteroatoms. The van der Waals surface area contributed by atoms with Crippen molar-refractivity contribution in [1.82, 2.24) is 25.3 Å². The summed E-state index contributed by atoms with van der Waals surface area (Å²) in [6.45, 7) is 5.71. The van der Waals surface area contributed by atoms with Gasteiger partial charge in [-0.2, -0.15) is 5.10 Å². The second kappa shape index (κ2) is 15.0. The van der Waals surface area contributed by atoms with Crippen LogP contribution in [0.5, 0.6) is 0 Å². The van der Waals surface area contributed by atoms with E-state index in [1.165, 1.54) is 23.2 Å². The Morgan fingerprint density at radius 1 is 1.02 bits per heavy atom. The van der Waals surface area contributed by atoms with E-state index in [-0.39, 0.29) is 48.5 Å². The molecule has 1 saturated heterocycles. The Bertz CT molecular complexity index is 1490. The largest absolute Gasteiger partial charge is 0.344 e. The molecular weight excluding hydrogens is 603 g/mol. The van der Waals surface area contributed by atoms with Crippen LogP contribution in [0.2, 0.25) is 0 Å². The summed E-state index contributed by atoms with van der Waals surface area (Å²) in [5.41, 5.74) is 0.669. The molecule has 0 spiro atoms. The zero-order valence-corrected chi connectivity index (χ0v) is 26.9. The van der Waals surface area contributed by atoms with E-state index in [9.17, 15) is 27.6 Å². The van der Waals surface area contributed by atoms with E-state index >= 15 is 4.39 Å². The minimum Gasteiger partial charge on any atom is -0.344 e. The van der Waals surface area contributed by atoms with E-state index in [4.69, 9.17) is 0 Å². The van der Waals surface area contributed by atoms with Gasteiger partial charge < -0.3 is 20.9 Å². The van der Waals surface area contributed by atoms with Crippen molar-refractivity contribution in [1.29, 1.82) is 0 Å². The average Bonchev–Trinajstić information content (AvgIpc) is 3.52. The Kier molecular flexibility index (Phi) is 11.3. The van der Waals surface area contributed by atoms with Crippen LogP contribution in [-0.4, -0.2) is 83.4 Å². The van der Waals surface area contributed by atoms with Crippen molar-refractivity contribution in [3.05, 3.63) is 47.5 Å². The molecule has 1 aromatic carbocycles. The van der Waals surface area contributed by atoms with E-state index in [1.54, 1.807) is 30.7 Å². The van der Waals surface area contributed by atoms with Gasteiger partial charge in [0.2, 0.25) is 17.7 Å². The van der Waals surface area contributed by atoms with Crippen molar-refractivity contribution < 1.29 is 32.0 Å². The molecule has 0 radical (unpaired) electrons. The lowest BCUT2D eigenvalue weighted by Crippen LogP contribution is -2.54. The molecule has 0 unspecified atom stereocenters. The van der Waals surface area contributed by atoms with Crippen LogP contribution in [0.3, 0.4) is 0 Å². The zero-order valence-electron chi connectivity index (χ0n) is 26.1. The highest BCUT2D eigenvalue weighted by molar-refractivity contribution is 7.91. The molecule has 4 rings (SSSR count). The molecule has 3 N–H and O–H groups in total. The fourth-order valence-electron chi connectivity index (χ4n) is 5.98. The summed E-state index contributed by atoms with van der Waals surface area (Å²) in [5.74, 6) is -3.58. The minimum absolute atomic E-state index is 0.0190. The fraction of sp³-hybridized carbons (Fsp3) is 0.581. The highest BCUT2D eigenvalue weighted by Crippen LogP contribution is 2.29. The van der Waals surface area contributed by atoms with Crippen LogP contribution in [0.25, 0.3) is 0 Å². The molecule has 1 saturated carbocycles. The maximum absolute atomic E-state index is 15.5. The second-order valence-corrected chi connectivity index (χ2v) is 14.1. The molecular formula is C31H43FN6O6S. The van der Waals surface area contributed by atoms with E-state index in [0.717, 1.165) is 32.1 Å². The van der Waals surface area contributed by atoms with E-state index in [1.807, 2.05) is 6.92 Å². The van der Waals surface area contributed by atoms with E-state index in [2.05, 4.69) is 21.0 Å². The first-order valence-corrected chi connectivity index (χ1v) is 17.5. The van der Waals surface area contributed by atoms with Crippen LogP contribution in [0, 0.1) is 11.7 Å². The molecule has 12 nitrogen and oxygen atoms in total. The predicted octanol–water partition coefficient (Wildman–Crippen LogP) is 2.61. The Morgan fingerprint density at radius 3 is 2.33 bits per heavy atom. The van der Waals surface area contributed by atoms with Gasteiger partial charge in [-0.25, -0.2) is 12.8 Å². The monoisotopic (exact) mass is 646 g/mol. The molecule has 45 heavy (non-hydrogen) atoms. The second-order valence-electron chi connectivity index (χ2n) is 11.8. The lowest BCUT2D eigenvalue weighted by atomic mass is 9.83. The third-order valence-corrected chi connectivity index (χ3v) is 10.4. The smallest absolute Gasteiger partial charge is 0.270 e. The van der Waals surface area contributed by atoms with E-state index in [0.29, 0.717) is 17.8 Å². The number of sulfone groups is 1. The summed E-state index contributed by atoms with van der Waals surface area (Å²) >= 11 is 0. The number of carbonyl (C=O) groups excluding carboxylic acids is 4. The van der Waals surface area contributed by atoms with Crippen LogP contribution in [0.1, 0.15) is 81.3 Å². The van der Waals surface area contributed by atoms with Crippen LogP contribution in [-0.2, 0) is 30.8 Å². The Hall–Kier alpha value is -3.81. The van der Waals surface area contributed by atoms with Crippen molar-refractivity contribution in [2.45, 2.75) is 83.8 Å². The standard InChI is InChI=1S/C31H43FN6O6S/c1-4-26(39)35-27(31(42)37-15-17-45(43,44)18-16-37)20(3)22-11-12-24(23(32)19-22)34-30(41)28(21-9-7-6-8-10-21)36-29(40)25-13-14-33-38(25)5-2/h11-14,19-21,27-28H,4-10,15-18H2,1-3H3,(H,34,41)(H,35,39)(H,36,40)/t20-,27-,28-/m0/s1. The normalized spacial score (nSPS) is 18.8. The predicted molar refractivity (Wildman–Crippen MR) is 167 cm³/mol. The van der Waals surface area contributed by atoms with Gasteiger partial charge in [-0.15, -0.1) is 0 Å². The van der Waals surface area contributed by atoms with Crippen molar-refractivity contribution in [3.63, 3.8) is 0 Å². The van der Waals surface area contributed by atoms with Crippen LogP contribution in [0.4, 0.5) is 10.1 Å². The Labute approximate surface area is 263 Å². The highest BCUT2D eigenvalue weighted by atomic mass is 32.2. The molecule has 0 bridgehead atoms. The summed E-state index contributed by atoms with van der Waals surface area (Å²) in [5, 5.41) is 12.4. The summed E-state index contributed by atoms with van der Waals surface area (Å²) in [6.07, 6.45) is 6.07. The average molecular weight is 647 g/mol. The van der Waals surface area contributed by atoms with E-state index < -0.39 is 51.4 Å². The van der Waals surface area contributed by atoms with Gasteiger partial charge in [0.05, 0.1) is 17.2 Å². The maximum atomic E-state index is 15.5. The van der Waals surface area contributed by atoms with Crippen molar-refractivity contribution in [2.24, 2.45) is 5.92 Å². The first kappa shape index (κ1) is 34.1. The molecule has 2 aromatic rings. The highest BCUT2D eigenvalue weighted by Gasteiger charge is 2.35.